The summed E-state index contributed by atoms with van der Waals surface area (Å²) in [6.07, 6.45) is 2.81. The standard InChI is InChI=1S/C13H23NO3/c1-4-16-11-8-10(13(11,2)3)14-12(15)9-6-5-7-17-9/h9-11H,4-8H2,1-3H3,(H,14,15)/t9-,10-,11-/m0/s1. The fraction of sp³-hybridized carbons (Fsp3) is 0.923. The molecule has 2 fully saturated rings. The van der Waals surface area contributed by atoms with Gasteiger partial charge in [-0.05, 0) is 26.2 Å². The van der Waals surface area contributed by atoms with E-state index in [-0.39, 0.29) is 29.6 Å². The second-order valence-electron chi connectivity index (χ2n) is 5.56. The van der Waals surface area contributed by atoms with Gasteiger partial charge < -0.3 is 14.8 Å². The van der Waals surface area contributed by atoms with Crippen molar-refractivity contribution in [3.63, 3.8) is 0 Å². The van der Waals surface area contributed by atoms with Crippen molar-refractivity contribution in [1.82, 2.24) is 5.32 Å². The summed E-state index contributed by atoms with van der Waals surface area (Å²) in [5.41, 5.74) is 0.0320. The third kappa shape index (κ3) is 2.47. The Kier molecular flexibility index (Phi) is 3.73. The molecule has 1 amide bonds. The highest BCUT2D eigenvalue weighted by Gasteiger charge is 2.50. The van der Waals surface area contributed by atoms with Crippen LogP contribution in [0.3, 0.4) is 0 Å². The van der Waals surface area contributed by atoms with Crippen LogP contribution in [0, 0.1) is 5.41 Å². The minimum absolute atomic E-state index is 0.0320. The monoisotopic (exact) mass is 241 g/mol. The number of nitrogens with one attached hydrogen (secondary N) is 1. The highest BCUT2D eigenvalue weighted by Crippen LogP contribution is 2.42. The zero-order valence-corrected chi connectivity index (χ0v) is 11.0. The van der Waals surface area contributed by atoms with Crippen molar-refractivity contribution in [3.05, 3.63) is 0 Å². The summed E-state index contributed by atoms with van der Waals surface area (Å²) < 4.78 is 11.0. The van der Waals surface area contributed by atoms with Crippen molar-refractivity contribution < 1.29 is 14.3 Å². The molecule has 2 rings (SSSR count). The summed E-state index contributed by atoms with van der Waals surface area (Å²) in [7, 11) is 0. The maximum atomic E-state index is 11.9. The molecule has 2 aliphatic rings. The number of rotatable bonds is 4. The van der Waals surface area contributed by atoms with E-state index in [2.05, 4.69) is 19.2 Å². The lowest BCUT2D eigenvalue weighted by Gasteiger charge is -2.51. The summed E-state index contributed by atoms with van der Waals surface area (Å²) in [5, 5.41) is 3.09. The molecule has 0 aromatic heterocycles. The van der Waals surface area contributed by atoms with Crippen molar-refractivity contribution in [2.75, 3.05) is 13.2 Å². The minimum Gasteiger partial charge on any atom is -0.378 e. The molecule has 1 aliphatic heterocycles. The average molecular weight is 241 g/mol. The molecule has 0 bridgehead atoms. The van der Waals surface area contributed by atoms with Crippen LogP contribution < -0.4 is 5.32 Å². The summed E-state index contributed by atoms with van der Waals surface area (Å²) in [4.78, 5) is 11.9. The van der Waals surface area contributed by atoms with Crippen LogP contribution in [0.1, 0.15) is 40.0 Å². The second kappa shape index (κ2) is 4.94. The van der Waals surface area contributed by atoms with E-state index in [4.69, 9.17) is 9.47 Å². The molecular formula is C13H23NO3. The van der Waals surface area contributed by atoms with Crippen LogP contribution in [-0.4, -0.2) is 37.4 Å². The van der Waals surface area contributed by atoms with Gasteiger partial charge in [0.2, 0.25) is 5.91 Å². The third-order valence-electron chi connectivity index (χ3n) is 4.08. The Morgan fingerprint density at radius 1 is 1.53 bits per heavy atom. The molecule has 1 N–H and O–H groups in total. The molecule has 1 saturated heterocycles. The Balaban J connectivity index is 1.82. The van der Waals surface area contributed by atoms with Crippen molar-refractivity contribution in [2.24, 2.45) is 5.41 Å². The Bertz CT molecular complexity index is 284. The lowest BCUT2D eigenvalue weighted by molar-refractivity contribution is -0.143. The summed E-state index contributed by atoms with van der Waals surface area (Å²) in [6, 6.07) is 0.218. The second-order valence-corrected chi connectivity index (χ2v) is 5.56. The van der Waals surface area contributed by atoms with E-state index in [0.717, 1.165) is 25.9 Å². The van der Waals surface area contributed by atoms with Crippen LogP contribution in [0.2, 0.25) is 0 Å². The van der Waals surface area contributed by atoms with E-state index in [1.165, 1.54) is 0 Å². The van der Waals surface area contributed by atoms with Crippen LogP contribution in [0.4, 0.5) is 0 Å². The zero-order chi connectivity index (χ0) is 12.5. The highest BCUT2D eigenvalue weighted by molar-refractivity contribution is 5.81. The molecule has 4 heteroatoms. The number of hydrogen-bond acceptors (Lipinski definition) is 3. The number of hydrogen-bond donors (Lipinski definition) is 1. The Hall–Kier alpha value is -0.610. The van der Waals surface area contributed by atoms with Gasteiger partial charge in [-0.15, -0.1) is 0 Å². The molecule has 0 radical (unpaired) electrons. The van der Waals surface area contributed by atoms with Crippen LogP contribution in [0.15, 0.2) is 0 Å². The number of amides is 1. The fourth-order valence-electron chi connectivity index (χ4n) is 2.66. The molecule has 1 saturated carbocycles. The van der Waals surface area contributed by atoms with Gasteiger partial charge in [-0.2, -0.15) is 0 Å². The summed E-state index contributed by atoms with van der Waals surface area (Å²) in [6.45, 7) is 7.76. The molecule has 4 nitrogen and oxygen atoms in total. The van der Waals surface area contributed by atoms with Crippen molar-refractivity contribution in [3.8, 4) is 0 Å². The van der Waals surface area contributed by atoms with E-state index >= 15 is 0 Å². The normalized spacial score (nSPS) is 35.4. The van der Waals surface area contributed by atoms with Gasteiger partial charge in [0.1, 0.15) is 6.10 Å². The number of carbonyl (C=O) groups excluding carboxylic acids is 1. The first-order valence-electron chi connectivity index (χ1n) is 6.59. The number of ether oxygens (including phenoxy) is 2. The minimum atomic E-state index is -0.225. The maximum Gasteiger partial charge on any atom is 0.249 e. The maximum absolute atomic E-state index is 11.9. The van der Waals surface area contributed by atoms with Crippen LogP contribution >= 0.6 is 0 Å². The van der Waals surface area contributed by atoms with Gasteiger partial charge in [0, 0.05) is 24.7 Å². The molecule has 1 heterocycles. The third-order valence-corrected chi connectivity index (χ3v) is 4.08. The predicted molar refractivity (Wildman–Crippen MR) is 64.7 cm³/mol. The lowest BCUT2D eigenvalue weighted by Crippen LogP contribution is -2.63. The molecule has 1 aliphatic carbocycles. The van der Waals surface area contributed by atoms with Crippen molar-refractivity contribution >= 4 is 5.91 Å². The van der Waals surface area contributed by atoms with Crippen LogP contribution in [0.5, 0.6) is 0 Å². The summed E-state index contributed by atoms with van der Waals surface area (Å²) >= 11 is 0. The van der Waals surface area contributed by atoms with Crippen molar-refractivity contribution in [2.45, 2.75) is 58.3 Å². The van der Waals surface area contributed by atoms with E-state index < -0.39 is 0 Å². The Morgan fingerprint density at radius 2 is 2.29 bits per heavy atom. The molecule has 98 valence electrons. The van der Waals surface area contributed by atoms with Gasteiger partial charge in [0.15, 0.2) is 0 Å². The van der Waals surface area contributed by atoms with Crippen LogP contribution in [-0.2, 0) is 14.3 Å². The van der Waals surface area contributed by atoms with E-state index in [1.807, 2.05) is 6.92 Å². The van der Waals surface area contributed by atoms with Crippen LogP contribution in [0.25, 0.3) is 0 Å². The smallest absolute Gasteiger partial charge is 0.249 e. The van der Waals surface area contributed by atoms with Gasteiger partial charge in [-0.25, -0.2) is 0 Å². The first-order chi connectivity index (χ1) is 8.05. The topological polar surface area (TPSA) is 47.6 Å². The molecule has 0 aromatic rings. The largest absolute Gasteiger partial charge is 0.378 e. The molecule has 17 heavy (non-hydrogen) atoms. The van der Waals surface area contributed by atoms with Gasteiger partial charge in [0.25, 0.3) is 0 Å². The van der Waals surface area contributed by atoms with Gasteiger partial charge in [0.05, 0.1) is 6.10 Å². The number of carbonyl (C=O) groups is 1. The molecule has 0 unspecified atom stereocenters. The Morgan fingerprint density at radius 3 is 2.82 bits per heavy atom. The van der Waals surface area contributed by atoms with E-state index in [9.17, 15) is 4.79 Å². The van der Waals surface area contributed by atoms with E-state index in [0.29, 0.717) is 6.61 Å². The molecular weight excluding hydrogens is 218 g/mol. The quantitative estimate of drug-likeness (QED) is 0.811. The van der Waals surface area contributed by atoms with Crippen molar-refractivity contribution in [1.29, 1.82) is 0 Å². The lowest BCUT2D eigenvalue weighted by atomic mass is 9.64. The first-order valence-corrected chi connectivity index (χ1v) is 6.59. The zero-order valence-electron chi connectivity index (χ0n) is 11.0. The summed E-state index contributed by atoms with van der Waals surface area (Å²) in [5.74, 6) is 0.0514. The SMILES string of the molecule is CCO[C@H]1C[C@H](NC(=O)[C@@H]2CCCO2)C1(C)C. The average Bonchev–Trinajstić information content (AvgIpc) is 2.81. The first kappa shape index (κ1) is 12.8. The Labute approximate surface area is 103 Å². The van der Waals surface area contributed by atoms with Gasteiger partial charge in [-0.3, -0.25) is 4.79 Å². The highest BCUT2D eigenvalue weighted by atomic mass is 16.5. The molecule has 3 atom stereocenters. The fourth-order valence-corrected chi connectivity index (χ4v) is 2.66. The molecule has 0 spiro atoms. The van der Waals surface area contributed by atoms with Gasteiger partial charge in [-0.1, -0.05) is 13.8 Å². The predicted octanol–water partition coefficient (Wildman–Crippen LogP) is 1.49. The van der Waals surface area contributed by atoms with Gasteiger partial charge >= 0.3 is 0 Å². The molecule has 0 aromatic carbocycles. The van der Waals surface area contributed by atoms with E-state index in [1.54, 1.807) is 0 Å².